The first-order valence-electron chi connectivity index (χ1n) is 6.28. The van der Waals surface area contributed by atoms with Crippen molar-refractivity contribution in [1.82, 2.24) is 5.43 Å². The number of hydrogen-bond donors (Lipinski definition) is 2. The first-order valence-corrected chi connectivity index (χ1v) is 6.28. The van der Waals surface area contributed by atoms with Crippen LogP contribution in [0.5, 0.6) is 0 Å². The molecule has 21 heavy (non-hydrogen) atoms. The zero-order chi connectivity index (χ0) is 15.6. The second-order valence-corrected chi connectivity index (χ2v) is 4.78. The van der Waals surface area contributed by atoms with Gasteiger partial charge < -0.3 is 0 Å². The Bertz CT molecular complexity index is 635. The summed E-state index contributed by atoms with van der Waals surface area (Å²) in [5.41, 5.74) is 3.29. The van der Waals surface area contributed by atoms with Gasteiger partial charge in [-0.2, -0.15) is 0 Å². The molecule has 0 saturated heterocycles. The van der Waals surface area contributed by atoms with Crippen molar-refractivity contribution in [2.45, 2.75) is 19.4 Å². The first kappa shape index (κ1) is 15.5. The second-order valence-electron chi connectivity index (χ2n) is 4.78. The summed E-state index contributed by atoms with van der Waals surface area (Å²) in [7, 11) is 0. The van der Waals surface area contributed by atoms with Crippen LogP contribution in [0.15, 0.2) is 30.3 Å². The lowest BCUT2D eigenvalue weighted by Crippen LogP contribution is -2.31. The van der Waals surface area contributed by atoms with E-state index in [0.717, 1.165) is 0 Å². The van der Waals surface area contributed by atoms with Crippen molar-refractivity contribution >= 4 is 0 Å². The predicted octanol–water partition coefficient (Wildman–Crippen LogP) is 3.30. The Labute approximate surface area is 119 Å². The molecule has 3 N–H and O–H groups in total. The van der Waals surface area contributed by atoms with E-state index in [1.54, 1.807) is 6.92 Å². The van der Waals surface area contributed by atoms with Gasteiger partial charge in [0.1, 0.15) is 23.3 Å². The summed E-state index contributed by atoms with van der Waals surface area (Å²) in [5, 5.41) is 0. The van der Waals surface area contributed by atoms with Crippen molar-refractivity contribution < 1.29 is 17.6 Å². The molecule has 0 aromatic heterocycles. The van der Waals surface area contributed by atoms with E-state index >= 15 is 0 Å². The minimum Gasteiger partial charge on any atom is -0.271 e. The largest absolute Gasteiger partial charge is 0.271 e. The summed E-state index contributed by atoms with van der Waals surface area (Å²) in [6, 6.07) is 4.40. The molecule has 2 aromatic carbocycles. The Hall–Kier alpha value is -1.92. The van der Waals surface area contributed by atoms with E-state index in [-0.39, 0.29) is 12.0 Å². The van der Waals surface area contributed by atoms with Gasteiger partial charge in [0.25, 0.3) is 0 Å². The maximum absolute atomic E-state index is 13.8. The number of benzene rings is 2. The molecule has 1 atom stereocenters. The van der Waals surface area contributed by atoms with Crippen LogP contribution in [-0.4, -0.2) is 0 Å². The van der Waals surface area contributed by atoms with Crippen LogP contribution in [-0.2, 0) is 6.42 Å². The smallest absolute Gasteiger partial charge is 0.133 e. The number of halogens is 4. The third kappa shape index (κ3) is 3.40. The number of aryl methyl sites for hydroxylation is 1. The standard InChI is InChI=1S/C15H14F4N2/c1-8-4-10(16)3-2-9(8)5-14(21-20)15-12(18)6-11(17)7-13(15)19/h2-4,6-7,14,21H,5,20H2,1H3. The lowest BCUT2D eigenvalue weighted by Gasteiger charge is -2.19. The number of rotatable bonds is 4. The summed E-state index contributed by atoms with van der Waals surface area (Å²) >= 11 is 0. The maximum atomic E-state index is 13.8. The summed E-state index contributed by atoms with van der Waals surface area (Å²) in [5.74, 6) is 1.93. The topological polar surface area (TPSA) is 38.0 Å². The highest BCUT2D eigenvalue weighted by Crippen LogP contribution is 2.26. The Morgan fingerprint density at radius 2 is 1.62 bits per heavy atom. The van der Waals surface area contributed by atoms with Crippen molar-refractivity contribution in [3.05, 3.63) is 70.3 Å². The lowest BCUT2D eigenvalue weighted by atomic mass is 9.95. The Balaban J connectivity index is 2.37. The number of hydrazine groups is 1. The molecule has 6 heteroatoms. The Morgan fingerprint density at radius 3 is 2.14 bits per heavy atom. The van der Waals surface area contributed by atoms with E-state index in [4.69, 9.17) is 5.84 Å². The van der Waals surface area contributed by atoms with E-state index in [9.17, 15) is 17.6 Å². The van der Waals surface area contributed by atoms with Crippen molar-refractivity contribution in [3.8, 4) is 0 Å². The second kappa shape index (κ2) is 6.24. The molecule has 0 aliphatic carbocycles. The maximum Gasteiger partial charge on any atom is 0.133 e. The molecule has 0 fully saturated rings. The van der Waals surface area contributed by atoms with Gasteiger partial charge in [0.2, 0.25) is 0 Å². The SMILES string of the molecule is Cc1cc(F)ccc1CC(NN)c1c(F)cc(F)cc1F. The fraction of sp³-hybridized carbons (Fsp3) is 0.200. The van der Waals surface area contributed by atoms with Crippen LogP contribution in [0.25, 0.3) is 0 Å². The molecule has 0 spiro atoms. The van der Waals surface area contributed by atoms with Crippen molar-refractivity contribution in [2.24, 2.45) is 5.84 Å². The van der Waals surface area contributed by atoms with Crippen LogP contribution in [0.3, 0.4) is 0 Å². The summed E-state index contributed by atoms with van der Waals surface area (Å²) in [6.45, 7) is 1.68. The molecule has 0 aliphatic heterocycles. The predicted molar refractivity (Wildman–Crippen MR) is 71.2 cm³/mol. The minimum atomic E-state index is -1.02. The molecule has 0 heterocycles. The fourth-order valence-corrected chi connectivity index (χ4v) is 2.24. The van der Waals surface area contributed by atoms with E-state index in [1.807, 2.05) is 0 Å². The van der Waals surface area contributed by atoms with Gasteiger partial charge in [-0.15, -0.1) is 0 Å². The minimum absolute atomic E-state index is 0.141. The van der Waals surface area contributed by atoms with Crippen LogP contribution in [0.4, 0.5) is 17.6 Å². The molecular formula is C15H14F4N2. The van der Waals surface area contributed by atoms with E-state index in [1.165, 1.54) is 18.2 Å². The van der Waals surface area contributed by atoms with Crippen LogP contribution >= 0.6 is 0 Å². The van der Waals surface area contributed by atoms with Crippen molar-refractivity contribution in [2.75, 3.05) is 0 Å². The molecule has 2 aromatic rings. The average Bonchev–Trinajstić information content (AvgIpc) is 2.39. The van der Waals surface area contributed by atoms with Gasteiger partial charge in [-0.25, -0.2) is 17.6 Å². The van der Waals surface area contributed by atoms with Crippen LogP contribution < -0.4 is 11.3 Å². The third-order valence-electron chi connectivity index (χ3n) is 3.32. The van der Waals surface area contributed by atoms with Crippen molar-refractivity contribution in [1.29, 1.82) is 0 Å². The number of hydrogen-bond acceptors (Lipinski definition) is 2. The van der Waals surface area contributed by atoms with Crippen LogP contribution in [0, 0.1) is 30.2 Å². The molecule has 0 saturated carbocycles. The monoisotopic (exact) mass is 298 g/mol. The molecule has 0 aliphatic rings. The first-order chi connectivity index (χ1) is 9.92. The highest BCUT2D eigenvalue weighted by atomic mass is 19.1. The van der Waals surface area contributed by atoms with Gasteiger partial charge in [-0.1, -0.05) is 6.07 Å². The van der Waals surface area contributed by atoms with Crippen molar-refractivity contribution in [3.63, 3.8) is 0 Å². The molecular weight excluding hydrogens is 284 g/mol. The highest BCUT2D eigenvalue weighted by molar-refractivity contribution is 5.31. The lowest BCUT2D eigenvalue weighted by molar-refractivity contribution is 0.461. The number of nitrogens with two attached hydrogens (primary N) is 1. The Morgan fingerprint density at radius 1 is 1.00 bits per heavy atom. The van der Waals surface area contributed by atoms with Gasteiger partial charge in [-0.05, 0) is 36.6 Å². The van der Waals surface area contributed by atoms with Crippen LogP contribution in [0.2, 0.25) is 0 Å². The summed E-state index contributed by atoms with van der Waals surface area (Å²) in [6.07, 6.45) is 0.141. The quantitative estimate of drug-likeness (QED) is 0.516. The highest BCUT2D eigenvalue weighted by Gasteiger charge is 2.21. The molecule has 2 rings (SSSR count). The van der Waals surface area contributed by atoms with Gasteiger partial charge in [0, 0.05) is 17.7 Å². The van der Waals surface area contributed by atoms with E-state index < -0.39 is 29.3 Å². The van der Waals surface area contributed by atoms with E-state index in [2.05, 4.69) is 5.43 Å². The zero-order valence-corrected chi connectivity index (χ0v) is 11.3. The molecule has 0 radical (unpaired) electrons. The Kier molecular flexibility index (Phi) is 4.59. The fourth-order valence-electron chi connectivity index (χ4n) is 2.24. The summed E-state index contributed by atoms with van der Waals surface area (Å²) in [4.78, 5) is 0. The van der Waals surface area contributed by atoms with Gasteiger partial charge in [0.05, 0.1) is 6.04 Å². The third-order valence-corrected chi connectivity index (χ3v) is 3.32. The molecule has 2 nitrogen and oxygen atoms in total. The van der Waals surface area contributed by atoms with Gasteiger partial charge in [0.15, 0.2) is 0 Å². The van der Waals surface area contributed by atoms with Gasteiger partial charge in [-0.3, -0.25) is 11.3 Å². The average molecular weight is 298 g/mol. The molecule has 0 bridgehead atoms. The number of nitrogens with one attached hydrogen (secondary N) is 1. The van der Waals surface area contributed by atoms with Gasteiger partial charge >= 0.3 is 0 Å². The zero-order valence-electron chi connectivity index (χ0n) is 11.3. The molecule has 0 amide bonds. The molecule has 112 valence electrons. The molecule has 1 unspecified atom stereocenters. The summed E-state index contributed by atoms with van der Waals surface area (Å²) < 4.78 is 53.6. The normalized spacial score (nSPS) is 12.5. The van der Waals surface area contributed by atoms with E-state index in [0.29, 0.717) is 23.3 Å². The van der Waals surface area contributed by atoms with Crippen LogP contribution in [0.1, 0.15) is 22.7 Å².